The minimum absolute atomic E-state index is 0.0890. The van der Waals surface area contributed by atoms with Gasteiger partial charge < -0.3 is 14.8 Å². The van der Waals surface area contributed by atoms with Crippen LogP contribution in [0.25, 0.3) is 0 Å². The molecule has 3 nitrogen and oxygen atoms in total. The number of benzene rings is 1. The summed E-state index contributed by atoms with van der Waals surface area (Å²) in [5.74, 6) is -1.99. The minimum Gasteiger partial charge on any atom is -0.484 e. The van der Waals surface area contributed by atoms with Crippen molar-refractivity contribution >= 4 is 15.9 Å². The van der Waals surface area contributed by atoms with E-state index >= 15 is 0 Å². The molecule has 1 fully saturated rings. The first-order valence-electron chi connectivity index (χ1n) is 6.14. The van der Waals surface area contributed by atoms with E-state index in [9.17, 15) is 8.78 Å². The quantitative estimate of drug-likeness (QED) is 0.839. The summed E-state index contributed by atoms with van der Waals surface area (Å²) in [5.41, 5.74) is 0. The lowest BCUT2D eigenvalue weighted by atomic mass is 9.85. The molecule has 106 valence electrons. The van der Waals surface area contributed by atoms with Crippen molar-refractivity contribution in [3.63, 3.8) is 0 Å². The van der Waals surface area contributed by atoms with E-state index in [1.54, 1.807) is 7.11 Å². The zero-order valence-corrected chi connectivity index (χ0v) is 12.3. The Kier molecular flexibility index (Phi) is 4.76. The number of likely N-dealkylation sites (N-methyl/N-ethyl adjacent to an activating group) is 1. The van der Waals surface area contributed by atoms with Gasteiger partial charge in [-0.25, -0.2) is 4.39 Å². The average Bonchev–Trinajstić information content (AvgIpc) is 2.34. The smallest absolute Gasteiger partial charge is 0.200 e. The maximum Gasteiger partial charge on any atom is 0.200 e. The molecular weight excluding hydrogens is 320 g/mol. The molecule has 0 saturated heterocycles. The van der Waals surface area contributed by atoms with Crippen LogP contribution in [0, 0.1) is 11.6 Å². The van der Waals surface area contributed by atoms with Crippen molar-refractivity contribution in [3.05, 3.63) is 28.2 Å². The molecule has 6 heteroatoms. The predicted octanol–water partition coefficient (Wildman–Crippen LogP) is 2.87. The fourth-order valence-electron chi connectivity index (χ4n) is 2.26. The van der Waals surface area contributed by atoms with Gasteiger partial charge in [0.05, 0.1) is 0 Å². The third kappa shape index (κ3) is 3.07. The lowest BCUT2D eigenvalue weighted by molar-refractivity contribution is -0.0896. The van der Waals surface area contributed by atoms with Crippen molar-refractivity contribution in [3.8, 4) is 5.75 Å². The first kappa shape index (κ1) is 14.7. The largest absolute Gasteiger partial charge is 0.484 e. The van der Waals surface area contributed by atoms with E-state index in [-0.39, 0.29) is 24.0 Å². The van der Waals surface area contributed by atoms with Gasteiger partial charge in [0, 0.05) is 24.0 Å². The van der Waals surface area contributed by atoms with Gasteiger partial charge in [-0.05, 0) is 18.7 Å². The monoisotopic (exact) mass is 335 g/mol. The summed E-state index contributed by atoms with van der Waals surface area (Å²) in [5, 5.41) is 3.25. The Morgan fingerprint density at radius 2 is 2.16 bits per heavy atom. The van der Waals surface area contributed by atoms with Crippen LogP contribution in [0.5, 0.6) is 5.75 Å². The lowest BCUT2D eigenvalue weighted by Crippen LogP contribution is -2.60. The van der Waals surface area contributed by atoms with Crippen molar-refractivity contribution in [2.24, 2.45) is 0 Å². The van der Waals surface area contributed by atoms with Crippen LogP contribution in [0.15, 0.2) is 16.6 Å². The van der Waals surface area contributed by atoms with Gasteiger partial charge in [-0.3, -0.25) is 0 Å². The van der Waals surface area contributed by atoms with Gasteiger partial charge in [0.2, 0.25) is 5.82 Å². The molecule has 0 bridgehead atoms. The van der Waals surface area contributed by atoms with E-state index < -0.39 is 11.6 Å². The number of methoxy groups -OCH3 is 1. The molecule has 2 rings (SSSR count). The number of hydrogen-bond acceptors (Lipinski definition) is 3. The standard InChI is InChI=1S/C13H16BrF2NO2/c1-3-17-9-6-11(13(9)18-2)19-10-5-7(14)4-8(15)12(10)16/h4-5,9,11,13,17H,3,6H2,1-2H3. The second-order valence-corrected chi connectivity index (χ2v) is 5.37. The Hall–Kier alpha value is -0.720. The molecule has 0 heterocycles. The van der Waals surface area contributed by atoms with E-state index in [0.29, 0.717) is 10.9 Å². The highest BCUT2D eigenvalue weighted by atomic mass is 79.9. The van der Waals surface area contributed by atoms with Crippen LogP contribution in [0.1, 0.15) is 13.3 Å². The molecule has 0 radical (unpaired) electrons. The molecule has 1 aromatic carbocycles. The topological polar surface area (TPSA) is 30.5 Å². The third-order valence-electron chi connectivity index (χ3n) is 3.23. The SMILES string of the molecule is CCNC1CC(Oc2cc(Br)cc(F)c2F)C1OC. The van der Waals surface area contributed by atoms with Crippen LogP contribution in [0.3, 0.4) is 0 Å². The molecule has 1 aromatic rings. The van der Waals surface area contributed by atoms with Gasteiger partial charge in [0.25, 0.3) is 0 Å². The highest BCUT2D eigenvalue weighted by Gasteiger charge is 2.43. The molecular formula is C13H16BrF2NO2. The molecule has 1 saturated carbocycles. The van der Waals surface area contributed by atoms with Gasteiger partial charge >= 0.3 is 0 Å². The van der Waals surface area contributed by atoms with Gasteiger partial charge in [0.15, 0.2) is 11.6 Å². The Labute approximate surface area is 119 Å². The highest BCUT2D eigenvalue weighted by Crippen LogP contribution is 2.32. The van der Waals surface area contributed by atoms with E-state index in [4.69, 9.17) is 9.47 Å². The van der Waals surface area contributed by atoms with E-state index in [2.05, 4.69) is 21.2 Å². The van der Waals surface area contributed by atoms with E-state index in [1.807, 2.05) is 6.92 Å². The Balaban J connectivity index is 2.06. The summed E-state index contributed by atoms with van der Waals surface area (Å²) in [6.07, 6.45) is 0.290. The fraction of sp³-hybridized carbons (Fsp3) is 0.538. The third-order valence-corrected chi connectivity index (χ3v) is 3.68. The van der Waals surface area contributed by atoms with Crippen molar-refractivity contribution in [2.45, 2.75) is 31.6 Å². The maximum absolute atomic E-state index is 13.6. The van der Waals surface area contributed by atoms with Crippen LogP contribution in [0.4, 0.5) is 8.78 Å². The highest BCUT2D eigenvalue weighted by molar-refractivity contribution is 9.10. The Morgan fingerprint density at radius 3 is 2.79 bits per heavy atom. The van der Waals surface area contributed by atoms with Crippen molar-refractivity contribution < 1.29 is 18.3 Å². The van der Waals surface area contributed by atoms with Gasteiger partial charge in [-0.15, -0.1) is 0 Å². The Morgan fingerprint density at radius 1 is 1.42 bits per heavy atom. The van der Waals surface area contributed by atoms with Crippen molar-refractivity contribution in [1.29, 1.82) is 0 Å². The molecule has 0 amide bonds. The second kappa shape index (κ2) is 6.15. The molecule has 1 N–H and O–H groups in total. The lowest BCUT2D eigenvalue weighted by Gasteiger charge is -2.43. The molecule has 0 aromatic heterocycles. The van der Waals surface area contributed by atoms with Crippen LogP contribution in [0.2, 0.25) is 0 Å². The molecule has 0 spiro atoms. The summed E-state index contributed by atoms with van der Waals surface area (Å²) in [6, 6.07) is 2.68. The summed E-state index contributed by atoms with van der Waals surface area (Å²) < 4.78 is 38.1. The van der Waals surface area contributed by atoms with E-state index in [1.165, 1.54) is 6.07 Å². The van der Waals surface area contributed by atoms with Crippen molar-refractivity contribution in [1.82, 2.24) is 5.32 Å². The van der Waals surface area contributed by atoms with Gasteiger partial charge in [0.1, 0.15) is 12.2 Å². The zero-order valence-electron chi connectivity index (χ0n) is 10.8. The molecule has 3 unspecified atom stereocenters. The number of halogens is 3. The predicted molar refractivity (Wildman–Crippen MR) is 71.4 cm³/mol. The van der Waals surface area contributed by atoms with Crippen LogP contribution in [-0.4, -0.2) is 31.9 Å². The second-order valence-electron chi connectivity index (χ2n) is 4.46. The number of ether oxygens (including phenoxy) is 2. The summed E-state index contributed by atoms with van der Waals surface area (Å²) in [7, 11) is 1.59. The molecule has 1 aliphatic rings. The zero-order chi connectivity index (χ0) is 14.0. The van der Waals surface area contributed by atoms with E-state index in [0.717, 1.165) is 12.6 Å². The number of nitrogens with one attached hydrogen (secondary N) is 1. The fourth-order valence-corrected chi connectivity index (χ4v) is 2.66. The summed E-state index contributed by atoms with van der Waals surface area (Å²) in [6.45, 7) is 2.83. The average molecular weight is 336 g/mol. The van der Waals surface area contributed by atoms with Crippen molar-refractivity contribution in [2.75, 3.05) is 13.7 Å². The van der Waals surface area contributed by atoms with Gasteiger partial charge in [-0.1, -0.05) is 22.9 Å². The summed E-state index contributed by atoms with van der Waals surface area (Å²) >= 11 is 3.12. The maximum atomic E-state index is 13.6. The van der Waals surface area contributed by atoms with Crippen LogP contribution in [-0.2, 0) is 4.74 Å². The first-order valence-corrected chi connectivity index (χ1v) is 6.93. The Bertz CT molecular complexity index is 459. The molecule has 3 atom stereocenters. The normalized spacial score (nSPS) is 26.1. The molecule has 1 aliphatic carbocycles. The van der Waals surface area contributed by atoms with Crippen LogP contribution >= 0.6 is 15.9 Å². The first-order chi connectivity index (χ1) is 9.06. The summed E-state index contributed by atoms with van der Waals surface area (Å²) in [4.78, 5) is 0. The molecule has 0 aliphatic heterocycles. The van der Waals surface area contributed by atoms with Gasteiger partial charge in [-0.2, -0.15) is 4.39 Å². The number of hydrogen-bond donors (Lipinski definition) is 1. The van der Waals surface area contributed by atoms with Crippen LogP contribution < -0.4 is 10.1 Å². The minimum atomic E-state index is -0.968. The molecule has 19 heavy (non-hydrogen) atoms. The number of rotatable bonds is 5.